The number of piperidine rings is 1. The van der Waals surface area contributed by atoms with E-state index in [0.717, 1.165) is 60.6 Å². The number of hydrogen-bond donors (Lipinski definition) is 0. The molecule has 2 aromatic heterocycles. The molecule has 3 aliphatic rings. The number of Topliss-reactive ketones (excluding diaryl/α,β-unsaturated/α-hetero) is 1. The summed E-state index contributed by atoms with van der Waals surface area (Å²) in [4.78, 5) is 26.3. The van der Waals surface area contributed by atoms with Crippen LogP contribution in [0.15, 0.2) is 58.5 Å². The highest BCUT2D eigenvalue weighted by molar-refractivity contribution is 7.09. The molecule has 0 bridgehead atoms. The average Bonchev–Trinajstić information content (AvgIpc) is 3.47. The van der Waals surface area contributed by atoms with Crippen molar-refractivity contribution in [3.8, 4) is 0 Å². The van der Waals surface area contributed by atoms with Crippen LogP contribution in [0.2, 0.25) is 0 Å². The Morgan fingerprint density at radius 2 is 2.12 bits per heavy atom. The number of hydrogen-bond acceptors (Lipinski definition) is 5. The number of ketones is 1. The molecule has 166 valence electrons. The third-order valence-electron chi connectivity index (χ3n) is 7.09. The van der Waals surface area contributed by atoms with Crippen LogP contribution in [0.3, 0.4) is 0 Å². The predicted octanol–water partition coefficient (Wildman–Crippen LogP) is 5.22. The van der Waals surface area contributed by atoms with Crippen LogP contribution in [0.1, 0.15) is 51.2 Å². The van der Waals surface area contributed by atoms with E-state index >= 15 is 0 Å². The molecule has 1 atom stereocenters. The fourth-order valence-corrected chi connectivity index (χ4v) is 6.23. The number of thiophene rings is 1. The first-order valence-corrected chi connectivity index (χ1v) is 12.7. The quantitative estimate of drug-likeness (QED) is 0.544. The lowest BCUT2D eigenvalue weighted by molar-refractivity contribution is -0.115. The van der Waals surface area contributed by atoms with Crippen molar-refractivity contribution in [2.45, 2.75) is 39.3 Å². The van der Waals surface area contributed by atoms with Crippen molar-refractivity contribution < 1.29 is 4.79 Å². The molecular formula is C28H27N3OS. The third-order valence-corrected chi connectivity index (χ3v) is 7.95. The molecule has 0 spiro atoms. The molecule has 1 fully saturated rings. The summed E-state index contributed by atoms with van der Waals surface area (Å²) < 4.78 is 0. The summed E-state index contributed by atoms with van der Waals surface area (Å²) >= 11 is 1.82. The summed E-state index contributed by atoms with van der Waals surface area (Å²) in [5.74, 6) is 0.623. The number of rotatable bonds is 4. The van der Waals surface area contributed by atoms with Crippen LogP contribution in [0.4, 0.5) is 0 Å². The van der Waals surface area contributed by atoms with Gasteiger partial charge in [-0.2, -0.15) is 0 Å². The van der Waals surface area contributed by atoms with Gasteiger partial charge >= 0.3 is 0 Å². The highest BCUT2D eigenvalue weighted by Gasteiger charge is 2.30. The van der Waals surface area contributed by atoms with Crippen LogP contribution in [-0.2, 0) is 24.3 Å². The number of aliphatic imine (C=N–C) groups is 1. The Morgan fingerprint density at radius 3 is 2.97 bits per heavy atom. The van der Waals surface area contributed by atoms with E-state index < -0.39 is 0 Å². The fraction of sp³-hybridized carbons (Fsp3) is 0.321. The van der Waals surface area contributed by atoms with Gasteiger partial charge in [-0.05, 0) is 78.7 Å². The van der Waals surface area contributed by atoms with E-state index in [2.05, 4.69) is 51.7 Å². The lowest BCUT2D eigenvalue weighted by Crippen LogP contribution is -2.37. The molecule has 0 saturated carbocycles. The molecule has 1 saturated heterocycles. The number of fused-ring (bicyclic) bond motifs is 2. The second kappa shape index (κ2) is 8.47. The first-order chi connectivity index (χ1) is 16.1. The lowest BCUT2D eigenvalue weighted by Gasteiger charge is -2.34. The minimum absolute atomic E-state index is 0.300. The minimum Gasteiger partial charge on any atom is -0.298 e. The van der Waals surface area contributed by atoms with Crippen molar-refractivity contribution in [1.29, 1.82) is 0 Å². The maximum absolute atomic E-state index is 13.2. The van der Waals surface area contributed by atoms with Crippen LogP contribution in [0, 0.1) is 12.8 Å². The number of likely N-dealkylation sites (tertiary alicyclic amines) is 1. The topological polar surface area (TPSA) is 45.6 Å². The van der Waals surface area contributed by atoms with Crippen LogP contribution >= 0.6 is 11.3 Å². The second-order valence-corrected chi connectivity index (χ2v) is 10.4. The van der Waals surface area contributed by atoms with E-state index in [4.69, 9.17) is 4.99 Å². The van der Waals surface area contributed by atoms with E-state index in [1.165, 1.54) is 21.6 Å². The Morgan fingerprint density at radius 1 is 1.18 bits per heavy atom. The van der Waals surface area contributed by atoms with Crippen molar-refractivity contribution >= 4 is 28.9 Å². The third kappa shape index (κ3) is 4.00. The molecule has 4 heterocycles. The van der Waals surface area contributed by atoms with E-state index in [1.54, 1.807) is 0 Å². The minimum atomic E-state index is 0.300. The van der Waals surface area contributed by atoms with Gasteiger partial charge in [0.2, 0.25) is 0 Å². The first kappa shape index (κ1) is 20.7. The van der Waals surface area contributed by atoms with E-state index in [-0.39, 0.29) is 0 Å². The summed E-state index contributed by atoms with van der Waals surface area (Å²) in [6.45, 7) is 5.78. The second-order valence-electron chi connectivity index (χ2n) is 9.41. The van der Waals surface area contributed by atoms with Crippen molar-refractivity contribution in [2.75, 3.05) is 13.1 Å². The van der Waals surface area contributed by atoms with Crippen molar-refractivity contribution in [3.63, 3.8) is 0 Å². The summed E-state index contributed by atoms with van der Waals surface area (Å²) in [7, 11) is 0. The number of carbonyl (C=O) groups is 1. The molecule has 1 unspecified atom stereocenters. The maximum Gasteiger partial charge on any atom is 0.163 e. The lowest BCUT2D eigenvalue weighted by atomic mass is 9.80. The number of pyridine rings is 1. The molecular weight excluding hydrogens is 426 g/mol. The van der Waals surface area contributed by atoms with E-state index in [9.17, 15) is 4.79 Å². The van der Waals surface area contributed by atoms with Crippen LogP contribution in [0.5, 0.6) is 0 Å². The zero-order chi connectivity index (χ0) is 22.4. The highest BCUT2D eigenvalue weighted by Crippen LogP contribution is 2.35. The standard InChI is InChI=1S/C28H27N3OS/c1-18-10-19(6-7-29-18)28-26-13-22-12-25(27(32)14-21(22)11-23(26)15-30-28)20-4-2-8-31(16-20)17-24-5-3-9-33-24/h3,5-7,9-13,20H,2,4,8,14-17H2,1H3. The summed E-state index contributed by atoms with van der Waals surface area (Å²) in [5.41, 5.74) is 8.96. The number of aromatic nitrogens is 1. The average molecular weight is 454 g/mol. The SMILES string of the molecule is Cc1cc(C2=NCc3cc4c(cc32)C=C(C2CCCN(Cc3cccs3)C2)C(=O)C4)ccn1. The molecule has 1 aromatic carbocycles. The summed E-state index contributed by atoms with van der Waals surface area (Å²) in [6, 6.07) is 12.9. The molecule has 6 rings (SSSR count). The summed E-state index contributed by atoms with van der Waals surface area (Å²) in [5, 5.41) is 2.14. The molecule has 0 amide bonds. The molecule has 4 nitrogen and oxygen atoms in total. The van der Waals surface area contributed by atoms with Gasteiger partial charge in [0.15, 0.2) is 5.78 Å². The van der Waals surface area contributed by atoms with Crippen LogP contribution in [0.25, 0.3) is 6.08 Å². The Balaban J connectivity index is 1.29. The normalized spacial score (nSPS) is 20.3. The van der Waals surface area contributed by atoms with Crippen molar-refractivity contribution in [1.82, 2.24) is 9.88 Å². The Kier molecular flexibility index (Phi) is 5.31. The number of aryl methyl sites for hydroxylation is 1. The highest BCUT2D eigenvalue weighted by atomic mass is 32.1. The Labute approximate surface area is 198 Å². The maximum atomic E-state index is 13.2. The smallest absolute Gasteiger partial charge is 0.163 e. The molecule has 0 radical (unpaired) electrons. The van der Waals surface area contributed by atoms with Crippen LogP contribution < -0.4 is 0 Å². The zero-order valence-electron chi connectivity index (χ0n) is 18.9. The molecule has 1 aliphatic carbocycles. The van der Waals surface area contributed by atoms with Gasteiger partial charge in [0.1, 0.15) is 0 Å². The largest absolute Gasteiger partial charge is 0.298 e. The van der Waals surface area contributed by atoms with Gasteiger partial charge in [0.25, 0.3) is 0 Å². The zero-order valence-corrected chi connectivity index (χ0v) is 19.7. The van der Waals surface area contributed by atoms with Gasteiger partial charge in [-0.1, -0.05) is 12.1 Å². The Bertz CT molecular complexity index is 1290. The Hall–Kier alpha value is -2.89. The molecule has 0 N–H and O–H groups in total. The van der Waals surface area contributed by atoms with Gasteiger partial charge in [-0.15, -0.1) is 11.3 Å². The van der Waals surface area contributed by atoms with Crippen molar-refractivity contribution in [3.05, 3.63) is 91.9 Å². The molecule has 33 heavy (non-hydrogen) atoms. The molecule has 3 aromatic rings. The van der Waals surface area contributed by atoms with Gasteiger partial charge in [0, 0.05) is 58.9 Å². The number of carbonyl (C=O) groups excluding carboxylic acids is 1. The van der Waals surface area contributed by atoms with E-state index in [1.807, 2.05) is 30.5 Å². The van der Waals surface area contributed by atoms with Crippen LogP contribution in [-0.4, -0.2) is 34.5 Å². The number of benzene rings is 1. The molecule has 5 heteroatoms. The van der Waals surface area contributed by atoms with Gasteiger partial charge in [-0.3, -0.25) is 19.7 Å². The fourth-order valence-electron chi connectivity index (χ4n) is 5.48. The first-order valence-electron chi connectivity index (χ1n) is 11.8. The van der Waals surface area contributed by atoms with Gasteiger partial charge in [-0.25, -0.2) is 0 Å². The molecule has 2 aliphatic heterocycles. The number of nitrogens with zero attached hydrogens (tertiary/aromatic N) is 3. The monoisotopic (exact) mass is 453 g/mol. The van der Waals surface area contributed by atoms with E-state index in [0.29, 0.717) is 24.7 Å². The van der Waals surface area contributed by atoms with Gasteiger partial charge < -0.3 is 0 Å². The predicted molar refractivity (Wildman–Crippen MR) is 134 cm³/mol. The summed E-state index contributed by atoms with van der Waals surface area (Å²) in [6.07, 6.45) is 6.80. The van der Waals surface area contributed by atoms with Crippen molar-refractivity contribution in [2.24, 2.45) is 10.9 Å². The van der Waals surface area contributed by atoms with Gasteiger partial charge in [0.05, 0.1) is 12.3 Å².